The van der Waals surface area contributed by atoms with Gasteiger partial charge in [0.05, 0.1) is 11.2 Å². The van der Waals surface area contributed by atoms with Crippen molar-refractivity contribution >= 4 is 68.9 Å². The van der Waals surface area contributed by atoms with Gasteiger partial charge in [-0.3, -0.25) is 9.59 Å². The second-order valence-corrected chi connectivity index (χ2v) is 9.13. The van der Waals surface area contributed by atoms with E-state index in [1.165, 1.54) is 6.21 Å². The summed E-state index contributed by atoms with van der Waals surface area (Å²) < 4.78 is 0.749. The number of rotatable bonds is 7. The van der Waals surface area contributed by atoms with Gasteiger partial charge < -0.3 is 10.2 Å². The first kappa shape index (κ1) is 25.5. The zero-order chi connectivity index (χ0) is 24.7. The molecule has 9 heteroatoms. The van der Waals surface area contributed by atoms with Crippen LogP contribution in [0.25, 0.3) is 6.08 Å². The second-order valence-electron chi connectivity index (χ2n) is 7.37. The van der Waals surface area contributed by atoms with Crippen molar-refractivity contribution in [3.8, 4) is 0 Å². The molecule has 0 aliphatic rings. The average molecular weight is 560 g/mol. The third-order valence-electron chi connectivity index (χ3n) is 4.63. The molecule has 0 aliphatic carbocycles. The SMILES string of the molecule is CN(C)c1ccc(/C=C(\NC(=O)c2cccc(Br)c2)C(=O)N/N=C\c2ccc(Cl)cc2Cl)cc1. The number of carbonyl (C=O) groups excluding carboxylic acids is 2. The van der Waals surface area contributed by atoms with Crippen molar-refractivity contribution in [1.82, 2.24) is 10.7 Å². The van der Waals surface area contributed by atoms with Crippen molar-refractivity contribution in [2.24, 2.45) is 5.10 Å². The van der Waals surface area contributed by atoms with Crippen LogP contribution in [0.5, 0.6) is 0 Å². The molecule has 0 aliphatic heterocycles. The molecule has 0 bridgehead atoms. The number of hydrazone groups is 1. The number of carbonyl (C=O) groups is 2. The fourth-order valence-corrected chi connectivity index (χ4v) is 3.70. The number of halogens is 3. The highest BCUT2D eigenvalue weighted by atomic mass is 79.9. The van der Waals surface area contributed by atoms with Crippen LogP contribution in [0.4, 0.5) is 5.69 Å². The number of amides is 2. The van der Waals surface area contributed by atoms with Gasteiger partial charge in [0.1, 0.15) is 5.70 Å². The standard InChI is InChI=1S/C25H21BrCl2N4O2/c1-32(2)21-10-6-16(7-11-21)12-23(30-24(33)17-4-3-5-19(26)13-17)25(34)31-29-15-18-8-9-20(27)14-22(18)28/h3-15H,1-2H3,(H,30,33)(H,31,34)/b23-12-,29-15-. The van der Waals surface area contributed by atoms with Gasteiger partial charge in [-0.05, 0) is 54.1 Å². The van der Waals surface area contributed by atoms with Gasteiger partial charge in [-0.25, -0.2) is 5.43 Å². The van der Waals surface area contributed by atoms with Crippen molar-refractivity contribution < 1.29 is 9.59 Å². The fraction of sp³-hybridized carbons (Fsp3) is 0.0800. The third kappa shape index (κ3) is 7.18. The molecule has 3 aromatic rings. The topological polar surface area (TPSA) is 73.8 Å². The zero-order valence-corrected chi connectivity index (χ0v) is 21.4. The van der Waals surface area contributed by atoms with Crippen molar-refractivity contribution in [1.29, 1.82) is 0 Å². The van der Waals surface area contributed by atoms with Gasteiger partial charge in [-0.1, -0.05) is 63.4 Å². The summed E-state index contributed by atoms with van der Waals surface area (Å²) in [7, 11) is 3.87. The van der Waals surface area contributed by atoms with Crippen LogP contribution in [0, 0.1) is 0 Å². The van der Waals surface area contributed by atoms with E-state index in [2.05, 4.69) is 31.8 Å². The number of hydrogen-bond donors (Lipinski definition) is 2. The fourth-order valence-electron chi connectivity index (χ4n) is 2.84. The first-order valence-electron chi connectivity index (χ1n) is 10.1. The predicted molar refractivity (Wildman–Crippen MR) is 143 cm³/mol. The summed E-state index contributed by atoms with van der Waals surface area (Å²) in [6.07, 6.45) is 2.98. The van der Waals surface area contributed by atoms with Crippen molar-refractivity contribution in [2.45, 2.75) is 0 Å². The molecule has 0 radical (unpaired) electrons. The van der Waals surface area contributed by atoms with E-state index < -0.39 is 11.8 Å². The lowest BCUT2D eigenvalue weighted by molar-refractivity contribution is -0.117. The van der Waals surface area contributed by atoms with Gasteiger partial charge in [0.2, 0.25) is 0 Å². The van der Waals surface area contributed by atoms with E-state index in [0.29, 0.717) is 21.2 Å². The average Bonchev–Trinajstić information content (AvgIpc) is 2.80. The maximum atomic E-state index is 12.9. The Kier molecular flexibility index (Phi) is 8.87. The van der Waals surface area contributed by atoms with Crippen LogP contribution >= 0.6 is 39.1 Å². The monoisotopic (exact) mass is 558 g/mol. The zero-order valence-electron chi connectivity index (χ0n) is 18.4. The molecule has 0 saturated carbocycles. The summed E-state index contributed by atoms with van der Waals surface area (Å²) in [4.78, 5) is 27.7. The Bertz CT molecular complexity index is 1260. The van der Waals surface area contributed by atoms with Crippen LogP contribution in [0.15, 0.2) is 82.0 Å². The maximum Gasteiger partial charge on any atom is 0.287 e. The summed E-state index contributed by atoms with van der Waals surface area (Å²) in [6.45, 7) is 0. The molecule has 6 nitrogen and oxygen atoms in total. The van der Waals surface area contributed by atoms with Crippen LogP contribution in [-0.2, 0) is 4.79 Å². The van der Waals surface area contributed by atoms with Crippen LogP contribution in [0.3, 0.4) is 0 Å². The summed E-state index contributed by atoms with van der Waals surface area (Å²) in [6, 6.07) is 19.3. The number of nitrogens with zero attached hydrogens (tertiary/aromatic N) is 2. The lowest BCUT2D eigenvalue weighted by Gasteiger charge is -2.13. The Labute approximate surface area is 216 Å². The molecule has 3 rings (SSSR count). The normalized spacial score (nSPS) is 11.4. The Hall–Kier alpha value is -3.13. The molecule has 0 aromatic heterocycles. The van der Waals surface area contributed by atoms with Gasteiger partial charge in [0, 0.05) is 40.4 Å². The predicted octanol–water partition coefficient (Wildman–Crippen LogP) is 5.74. The first-order chi connectivity index (χ1) is 16.2. The molecular weight excluding hydrogens is 539 g/mol. The molecule has 0 heterocycles. The molecule has 0 unspecified atom stereocenters. The van der Waals surface area contributed by atoms with E-state index in [0.717, 1.165) is 15.7 Å². The molecule has 0 saturated heterocycles. The number of hydrogen-bond acceptors (Lipinski definition) is 4. The largest absolute Gasteiger partial charge is 0.378 e. The molecule has 0 atom stereocenters. The van der Waals surface area contributed by atoms with E-state index >= 15 is 0 Å². The van der Waals surface area contributed by atoms with Crippen molar-refractivity contribution in [3.63, 3.8) is 0 Å². The lowest BCUT2D eigenvalue weighted by Crippen LogP contribution is -2.32. The van der Waals surface area contributed by atoms with Crippen LogP contribution in [-0.4, -0.2) is 32.1 Å². The highest BCUT2D eigenvalue weighted by Crippen LogP contribution is 2.19. The maximum absolute atomic E-state index is 12.9. The Balaban J connectivity index is 1.84. The first-order valence-corrected chi connectivity index (χ1v) is 11.6. The highest BCUT2D eigenvalue weighted by Gasteiger charge is 2.15. The van der Waals surface area contributed by atoms with E-state index in [1.54, 1.807) is 42.5 Å². The second kappa shape index (κ2) is 11.8. The molecular formula is C25H21BrCl2N4O2. The molecule has 174 valence electrons. The summed E-state index contributed by atoms with van der Waals surface area (Å²) in [5, 5.41) is 7.53. The summed E-state index contributed by atoms with van der Waals surface area (Å²) in [5.41, 5.74) is 5.17. The molecule has 0 fully saturated rings. The summed E-state index contributed by atoms with van der Waals surface area (Å²) >= 11 is 15.4. The molecule has 3 aromatic carbocycles. The number of nitrogens with one attached hydrogen (secondary N) is 2. The minimum Gasteiger partial charge on any atom is -0.378 e. The smallest absolute Gasteiger partial charge is 0.287 e. The van der Waals surface area contributed by atoms with Crippen molar-refractivity contribution in [2.75, 3.05) is 19.0 Å². The van der Waals surface area contributed by atoms with E-state index in [1.807, 2.05) is 49.3 Å². The lowest BCUT2D eigenvalue weighted by atomic mass is 10.1. The van der Waals surface area contributed by atoms with Gasteiger partial charge in [0.25, 0.3) is 11.8 Å². The van der Waals surface area contributed by atoms with E-state index in [4.69, 9.17) is 23.2 Å². The van der Waals surface area contributed by atoms with Crippen LogP contribution in [0.1, 0.15) is 21.5 Å². The molecule has 34 heavy (non-hydrogen) atoms. The Morgan fingerprint density at radius 3 is 2.38 bits per heavy atom. The highest BCUT2D eigenvalue weighted by molar-refractivity contribution is 9.10. The quantitative estimate of drug-likeness (QED) is 0.220. The van der Waals surface area contributed by atoms with Crippen LogP contribution in [0.2, 0.25) is 10.0 Å². The Morgan fingerprint density at radius 1 is 1.00 bits per heavy atom. The number of anilines is 1. The van der Waals surface area contributed by atoms with Gasteiger partial charge in [-0.2, -0.15) is 5.10 Å². The molecule has 2 amide bonds. The minimum atomic E-state index is -0.596. The third-order valence-corrected chi connectivity index (χ3v) is 5.69. The van der Waals surface area contributed by atoms with E-state index in [9.17, 15) is 9.59 Å². The number of benzene rings is 3. The molecule has 0 spiro atoms. The summed E-state index contributed by atoms with van der Waals surface area (Å²) in [5.74, 6) is -1.03. The molecule has 2 N–H and O–H groups in total. The van der Waals surface area contributed by atoms with Gasteiger partial charge in [-0.15, -0.1) is 0 Å². The Morgan fingerprint density at radius 2 is 1.74 bits per heavy atom. The van der Waals surface area contributed by atoms with E-state index in [-0.39, 0.29) is 5.70 Å². The minimum absolute atomic E-state index is 0.0296. The van der Waals surface area contributed by atoms with Crippen molar-refractivity contribution in [3.05, 3.63) is 104 Å². The van der Waals surface area contributed by atoms with Crippen LogP contribution < -0.4 is 15.6 Å². The van der Waals surface area contributed by atoms with Gasteiger partial charge >= 0.3 is 0 Å². The van der Waals surface area contributed by atoms with Gasteiger partial charge in [0.15, 0.2) is 0 Å².